The summed E-state index contributed by atoms with van der Waals surface area (Å²) in [7, 11) is 0. The first-order valence-electron chi connectivity index (χ1n) is 8.25. The first kappa shape index (κ1) is 17.5. The third-order valence-corrected chi connectivity index (χ3v) is 3.80. The zero-order chi connectivity index (χ0) is 18.5. The smallest absolute Gasteiger partial charge is 0.259 e. The summed E-state index contributed by atoms with van der Waals surface area (Å²) in [5.41, 5.74) is 6.31. The van der Waals surface area contributed by atoms with Crippen LogP contribution in [0, 0.1) is 0 Å². The Bertz CT molecular complexity index is 846. The maximum Gasteiger partial charge on any atom is 0.259 e. The van der Waals surface area contributed by atoms with Gasteiger partial charge in [0.05, 0.1) is 5.56 Å². The maximum atomic E-state index is 12.5. The number of para-hydroxylation sites is 1. The van der Waals surface area contributed by atoms with Crippen molar-refractivity contribution in [1.29, 1.82) is 0 Å². The van der Waals surface area contributed by atoms with Crippen molar-refractivity contribution in [2.75, 3.05) is 11.9 Å². The Labute approximate surface area is 150 Å². The van der Waals surface area contributed by atoms with Crippen LogP contribution in [0.4, 0.5) is 5.69 Å². The predicted octanol–water partition coefficient (Wildman–Crippen LogP) is 1.70. The number of carbonyl (C=O) groups excluding carboxylic acids is 3. The van der Waals surface area contributed by atoms with Gasteiger partial charge in [-0.3, -0.25) is 14.4 Å². The Morgan fingerprint density at radius 1 is 1.04 bits per heavy atom. The zero-order valence-electron chi connectivity index (χ0n) is 14.0. The number of anilines is 1. The van der Waals surface area contributed by atoms with E-state index in [4.69, 9.17) is 10.5 Å². The van der Waals surface area contributed by atoms with Crippen molar-refractivity contribution in [3.63, 3.8) is 0 Å². The lowest BCUT2D eigenvalue weighted by molar-refractivity contribution is -0.119. The Morgan fingerprint density at radius 3 is 2.54 bits per heavy atom. The van der Waals surface area contributed by atoms with E-state index in [1.165, 1.54) is 0 Å². The van der Waals surface area contributed by atoms with Crippen molar-refractivity contribution >= 4 is 23.4 Å². The van der Waals surface area contributed by atoms with Gasteiger partial charge in [0.25, 0.3) is 17.7 Å². The van der Waals surface area contributed by atoms with Gasteiger partial charge in [-0.15, -0.1) is 0 Å². The van der Waals surface area contributed by atoms with E-state index in [9.17, 15) is 14.4 Å². The first-order valence-corrected chi connectivity index (χ1v) is 8.25. The minimum atomic E-state index is -0.630. The highest BCUT2D eigenvalue weighted by atomic mass is 16.5. The van der Waals surface area contributed by atoms with Crippen molar-refractivity contribution < 1.29 is 19.1 Å². The van der Waals surface area contributed by atoms with E-state index in [1.54, 1.807) is 48.5 Å². The van der Waals surface area contributed by atoms with Crippen LogP contribution in [0.1, 0.15) is 33.6 Å². The van der Waals surface area contributed by atoms with Crippen molar-refractivity contribution in [3.05, 3.63) is 59.7 Å². The molecule has 1 aliphatic rings. The Morgan fingerprint density at radius 2 is 1.81 bits per heavy atom. The van der Waals surface area contributed by atoms with Gasteiger partial charge in [0.15, 0.2) is 6.61 Å². The molecule has 3 rings (SSSR count). The van der Waals surface area contributed by atoms with Crippen molar-refractivity contribution in [2.45, 2.75) is 18.9 Å². The van der Waals surface area contributed by atoms with E-state index in [1.807, 2.05) is 0 Å². The minimum Gasteiger partial charge on any atom is -0.483 e. The Hall–Kier alpha value is -3.35. The van der Waals surface area contributed by atoms with Crippen LogP contribution in [-0.4, -0.2) is 30.4 Å². The van der Waals surface area contributed by atoms with Gasteiger partial charge in [-0.1, -0.05) is 18.2 Å². The fourth-order valence-corrected chi connectivity index (χ4v) is 2.36. The maximum absolute atomic E-state index is 12.5. The molecule has 0 atom stereocenters. The molecule has 1 fully saturated rings. The largest absolute Gasteiger partial charge is 0.483 e. The number of hydrogen-bond acceptors (Lipinski definition) is 4. The molecular formula is C19H19N3O4. The van der Waals surface area contributed by atoms with Gasteiger partial charge in [0, 0.05) is 17.3 Å². The number of rotatable bonds is 7. The van der Waals surface area contributed by atoms with E-state index < -0.39 is 11.8 Å². The van der Waals surface area contributed by atoms with E-state index >= 15 is 0 Å². The van der Waals surface area contributed by atoms with Crippen LogP contribution in [0.5, 0.6) is 5.75 Å². The molecule has 0 saturated heterocycles. The summed E-state index contributed by atoms with van der Waals surface area (Å²) in [5, 5.41) is 5.64. The number of nitrogens with one attached hydrogen (secondary N) is 2. The molecule has 1 aliphatic carbocycles. The van der Waals surface area contributed by atoms with Gasteiger partial charge in [0.2, 0.25) is 0 Å². The number of ether oxygens (including phenoxy) is 1. The highest BCUT2D eigenvalue weighted by molar-refractivity contribution is 6.07. The summed E-state index contributed by atoms with van der Waals surface area (Å²) in [6, 6.07) is 13.5. The molecule has 0 heterocycles. The third kappa shape index (κ3) is 4.60. The summed E-state index contributed by atoms with van der Waals surface area (Å²) >= 11 is 0. The van der Waals surface area contributed by atoms with Gasteiger partial charge >= 0.3 is 0 Å². The van der Waals surface area contributed by atoms with Crippen molar-refractivity contribution in [3.8, 4) is 5.75 Å². The average molecular weight is 353 g/mol. The fourth-order valence-electron chi connectivity index (χ4n) is 2.36. The van der Waals surface area contributed by atoms with Gasteiger partial charge < -0.3 is 21.1 Å². The molecule has 134 valence electrons. The Balaban J connectivity index is 1.71. The van der Waals surface area contributed by atoms with Crippen LogP contribution in [0.3, 0.4) is 0 Å². The molecular weight excluding hydrogens is 334 g/mol. The fraction of sp³-hybridized carbons (Fsp3) is 0.211. The summed E-state index contributed by atoms with van der Waals surface area (Å²) in [6.45, 7) is -0.318. The molecule has 0 spiro atoms. The normalized spacial score (nSPS) is 12.9. The lowest BCUT2D eigenvalue weighted by atomic mass is 10.1. The van der Waals surface area contributed by atoms with Crippen LogP contribution < -0.4 is 21.1 Å². The summed E-state index contributed by atoms with van der Waals surface area (Å²) in [6.07, 6.45) is 2.01. The molecule has 4 N–H and O–H groups in total. The molecule has 26 heavy (non-hydrogen) atoms. The van der Waals surface area contributed by atoms with Gasteiger partial charge in [-0.05, 0) is 43.2 Å². The number of carbonyl (C=O) groups is 3. The van der Waals surface area contributed by atoms with Crippen LogP contribution in [0.25, 0.3) is 0 Å². The van der Waals surface area contributed by atoms with E-state index in [-0.39, 0.29) is 29.9 Å². The molecule has 3 amide bonds. The molecule has 7 nitrogen and oxygen atoms in total. The van der Waals surface area contributed by atoms with Gasteiger partial charge in [-0.2, -0.15) is 0 Å². The van der Waals surface area contributed by atoms with E-state index in [2.05, 4.69) is 10.6 Å². The number of nitrogens with two attached hydrogens (primary N) is 1. The molecule has 2 aromatic carbocycles. The molecule has 2 aromatic rings. The Kier molecular flexibility index (Phi) is 5.17. The highest BCUT2D eigenvalue weighted by Gasteiger charge is 2.24. The molecule has 7 heteroatoms. The second-order valence-electron chi connectivity index (χ2n) is 6.03. The second-order valence-corrected chi connectivity index (χ2v) is 6.03. The lowest BCUT2D eigenvalue weighted by Gasteiger charge is -2.11. The zero-order valence-corrected chi connectivity index (χ0v) is 14.0. The average Bonchev–Trinajstić information content (AvgIpc) is 3.44. The number of hydrogen-bond donors (Lipinski definition) is 3. The first-order chi connectivity index (χ1) is 12.5. The molecule has 0 bridgehead atoms. The van der Waals surface area contributed by atoms with Crippen LogP contribution in [0.15, 0.2) is 48.5 Å². The monoisotopic (exact) mass is 353 g/mol. The number of amides is 3. The number of primary amides is 1. The summed E-state index contributed by atoms with van der Waals surface area (Å²) < 4.78 is 5.27. The topological polar surface area (TPSA) is 111 Å². The highest BCUT2D eigenvalue weighted by Crippen LogP contribution is 2.22. The van der Waals surface area contributed by atoms with Crippen molar-refractivity contribution in [2.24, 2.45) is 5.73 Å². The molecule has 0 aromatic heterocycles. The molecule has 0 unspecified atom stereocenters. The van der Waals surface area contributed by atoms with E-state index in [0.29, 0.717) is 11.3 Å². The lowest BCUT2D eigenvalue weighted by Crippen LogP contribution is -2.25. The quantitative estimate of drug-likeness (QED) is 0.703. The van der Waals surface area contributed by atoms with E-state index in [0.717, 1.165) is 12.8 Å². The SMILES string of the molecule is NC(=O)COc1ccccc1C(=O)Nc1cccc(C(=O)NC2CC2)c1. The van der Waals surface area contributed by atoms with Crippen LogP contribution in [-0.2, 0) is 4.79 Å². The standard InChI is InChI=1S/C19H19N3O4/c20-17(23)11-26-16-7-2-1-6-15(16)19(25)22-14-5-3-4-12(10-14)18(24)21-13-8-9-13/h1-7,10,13H,8-9,11H2,(H2,20,23)(H,21,24)(H,22,25). The summed E-state index contributed by atoms with van der Waals surface area (Å²) in [4.78, 5) is 35.5. The number of benzene rings is 2. The predicted molar refractivity (Wildman–Crippen MR) is 96.0 cm³/mol. The second kappa shape index (κ2) is 7.69. The molecule has 0 radical (unpaired) electrons. The molecule has 0 aliphatic heterocycles. The molecule has 1 saturated carbocycles. The minimum absolute atomic E-state index is 0.159. The van der Waals surface area contributed by atoms with Crippen molar-refractivity contribution in [1.82, 2.24) is 5.32 Å². The van der Waals surface area contributed by atoms with Gasteiger partial charge in [0.1, 0.15) is 5.75 Å². The van der Waals surface area contributed by atoms with Crippen LogP contribution in [0.2, 0.25) is 0 Å². The third-order valence-electron chi connectivity index (χ3n) is 3.80. The summed E-state index contributed by atoms with van der Waals surface area (Å²) in [5.74, 6) is -0.945. The van der Waals surface area contributed by atoms with Gasteiger partial charge in [-0.25, -0.2) is 0 Å². The van der Waals surface area contributed by atoms with Crippen LogP contribution >= 0.6 is 0 Å².